The second-order valence-electron chi connectivity index (χ2n) is 10.3. The van der Waals surface area contributed by atoms with Crippen LogP contribution in [0.3, 0.4) is 0 Å². The van der Waals surface area contributed by atoms with Crippen LogP contribution in [-0.4, -0.2) is 34.6 Å². The summed E-state index contributed by atoms with van der Waals surface area (Å²) >= 11 is 0. The quantitative estimate of drug-likeness (QED) is 0.776. The lowest BCUT2D eigenvalue weighted by Gasteiger charge is -2.64. The maximum Gasteiger partial charge on any atom is 0.0867 e. The summed E-state index contributed by atoms with van der Waals surface area (Å²) in [6.45, 7) is 9.60. The zero-order chi connectivity index (χ0) is 16.7. The van der Waals surface area contributed by atoms with E-state index in [2.05, 4.69) is 27.7 Å². The van der Waals surface area contributed by atoms with Crippen molar-refractivity contribution in [3.8, 4) is 0 Å². The molecule has 3 saturated carbocycles. The minimum Gasteiger partial charge on any atom is -0.394 e. The number of aliphatic hydroxyl groups excluding tert-OH is 2. The molecule has 0 aromatic carbocycles. The molecule has 2 N–H and O–H groups in total. The Balaban J connectivity index is 1.75. The predicted octanol–water partition coefficient (Wildman–Crippen LogP) is 3.52. The van der Waals surface area contributed by atoms with Crippen molar-refractivity contribution in [1.29, 1.82) is 0 Å². The standard InChI is InChI=1S/C20H34O3/c1-17(2)8-7-15(22)19(4)13(17)6-10-20-12-18(3,9-5-14(19)20)16(11-21)23-20/h13-16,21-22H,5-12H2,1-4H3/t13-,14+,15+,16-,18+,19-,20?/m0/s1. The van der Waals surface area contributed by atoms with Gasteiger partial charge in [0.25, 0.3) is 0 Å². The highest BCUT2D eigenvalue weighted by Crippen LogP contribution is 2.70. The Morgan fingerprint density at radius 3 is 2.35 bits per heavy atom. The molecule has 4 rings (SSSR count). The van der Waals surface area contributed by atoms with Crippen molar-refractivity contribution in [2.45, 2.75) is 90.4 Å². The Morgan fingerprint density at radius 1 is 0.957 bits per heavy atom. The normalized spacial score (nSPS) is 57.7. The summed E-state index contributed by atoms with van der Waals surface area (Å²) in [5.74, 6) is 1.02. The number of ether oxygens (including phenoxy) is 1. The highest BCUT2D eigenvalue weighted by atomic mass is 16.5. The number of rotatable bonds is 1. The minimum absolute atomic E-state index is 0.0126. The molecule has 3 aliphatic carbocycles. The molecule has 1 aliphatic heterocycles. The van der Waals surface area contributed by atoms with E-state index < -0.39 is 0 Å². The fourth-order valence-electron chi connectivity index (χ4n) is 7.55. The van der Waals surface area contributed by atoms with Gasteiger partial charge in [-0.3, -0.25) is 0 Å². The van der Waals surface area contributed by atoms with Crippen LogP contribution in [0.1, 0.15) is 72.6 Å². The Morgan fingerprint density at radius 2 is 1.65 bits per heavy atom. The van der Waals surface area contributed by atoms with Crippen molar-refractivity contribution in [2.24, 2.45) is 28.1 Å². The van der Waals surface area contributed by atoms with E-state index in [1.54, 1.807) is 0 Å². The molecule has 1 heterocycles. The molecule has 132 valence electrons. The molecule has 1 unspecified atom stereocenters. The van der Waals surface area contributed by atoms with Gasteiger partial charge < -0.3 is 14.9 Å². The first-order valence-corrected chi connectivity index (χ1v) is 9.65. The molecule has 1 saturated heterocycles. The van der Waals surface area contributed by atoms with Crippen molar-refractivity contribution < 1.29 is 14.9 Å². The zero-order valence-electron chi connectivity index (χ0n) is 15.3. The summed E-state index contributed by atoms with van der Waals surface area (Å²) < 4.78 is 6.60. The van der Waals surface area contributed by atoms with Crippen LogP contribution < -0.4 is 0 Å². The van der Waals surface area contributed by atoms with E-state index in [-0.39, 0.29) is 35.2 Å². The second-order valence-corrected chi connectivity index (χ2v) is 10.3. The lowest BCUT2D eigenvalue weighted by Crippen LogP contribution is -2.64. The van der Waals surface area contributed by atoms with E-state index in [0.29, 0.717) is 17.3 Å². The number of hydrogen-bond donors (Lipinski definition) is 2. The Bertz CT molecular complexity index is 503. The molecule has 0 radical (unpaired) electrons. The molecule has 7 atom stereocenters. The predicted molar refractivity (Wildman–Crippen MR) is 90.0 cm³/mol. The fraction of sp³-hybridized carbons (Fsp3) is 1.00. The highest BCUT2D eigenvalue weighted by molar-refractivity contribution is 5.18. The van der Waals surface area contributed by atoms with E-state index in [4.69, 9.17) is 4.74 Å². The molecule has 4 aliphatic rings. The van der Waals surface area contributed by atoms with E-state index in [9.17, 15) is 10.2 Å². The van der Waals surface area contributed by atoms with Gasteiger partial charge in [-0.25, -0.2) is 0 Å². The summed E-state index contributed by atoms with van der Waals surface area (Å²) in [4.78, 5) is 0. The largest absolute Gasteiger partial charge is 0.394 e. The first kappa shape index (κ1) is 16.4. The lowest BCUT2D eigenvalue weighted by atomic mass is 9.41. The molecule has 0 aromatic rings. The molecule has 2 bridgehead atoms. The van der Waals surface area contributed by atoms with Gasteiger partial charge in [-0.1, -0.05) is 27.7 Å². The van der Waals surface area contributed by atoms with E-state index >= 15 is 0 Å². The molecular formula is C20H34O3. The fourth-order valence-corrected chi connectivity index (χ4v) is 7.55. The van der Waals surface area contributed by atoms with E-state index in [1.807, 2.05) is 0 Å². The van der Waals surface area contributed by atoms with Crippen LogP contribution in [0.4, 0.5) is 0 Å². The van der Waals surface area contributed by atoms with Gasteiger partial charge in [0.05, 0.1) is 24.4 Å². The third-order valence-corrected chi connectivity index (χ3v) is 8.74. The number of aliphatic hydroxyl groups is 2. The zero-order valence-corrected chi connectivity index (χ0v) is 15.3. The van der Waals surface area contributed by atoms with Gasteiger partial charge in [0.1, 0.15) is 0 Å². The number of hydrogen-bond acceptors (Lipinski definition) is 3. The number of fused-ring (bicyclic) bond motifs is 3. The third kappa shape index (κ3) is 1.93. The molecule has 23 heavy (non-hydrogen) atoms. The maximum atomic E-state index is 11.0. The van der Waals surface area contributed by atoms with Crippen molar-refractivity contribution in [1.82, 2.24) is 0 Å². The molecule has 0 aromatic heterocycles. The summed E-state index contributed by atoms with van der Waals surface area (Å²) in [5.41, 5.74) is 0.306. The van der Waals surface area contributed by atoms with Crippen LogP contribution in [0.15, 0.2) is 0 Å². The molecule has 4 fully saturated rings. The van der Waals surface area contributed by atoms with Gasteiger partial charge in [-0.2, -0.15) is 0 Å². The first-order valence-electron chi connectivity index (χ1n) is 9.65. The van der Waals surface area contributed by atoms with Crippen molar-refractivity contribution >= 4 is 0 Å². The molecule has 1 spiro atoms. The highest BCUT2D eigenvalue weighted by Gasteiger charge is 2.69. The molecule has 3 nitrogen and oxygen atoms in total. The Labute approximate surface area is 140 Å². The average Bonchev–Trinajstić information content (AvgIpc) is 2.69. The second kappa shape index (κ2) is 4.74. The van der Waals surface area contributed by atoms with E-state index in [0.717, 1.165) is 44.9 Å². The van der Waals surface area contributed by atoms with Gasteiger partial charge >= 0.3 is 0 Å². The third-order valence-electron chi connectivity index (χ3n) is 8.74. The van der Waals surface area contributed by atoms with Gasteiger partial charge in [-0.05, 0) is 67.6 Å². The Hall–Kier alpha value is -0.120. The van der Waals surface area contributed by atoms with Crippen LogP contribution in [0, 0.1) is 28.1 Å². The smallest absolute Gasteiger partial charge is 0.0867 e. The van der Waals surface area contributed by atoms with Crippen molar-refractivity contribution in [3.63, 3.8) is 0 Å². The van der Waals surface area contributed by atoms with Crippen LogP contribution in [0.25, 0.3) is 0 Å². The summed E-state index contributed by atoms with van der Waals surface area (Å²) in [6.07, 6.45) is 7.45. The topological polar surface area (TPSA) is 49.7 Å². The lowest BCUT2D eigenvalue weighted by molar-refractivity contribution is -0.229. The van der Waals surface area contributed by atoms with Crippen molar-refractivity contribution in [2.75, 3.05) is 6.61 Å². The summed E-state index contributed by atoms with van der Waals surface area (Å²) in [6, 6.07) is 0. The molecule has 3 heteroatoms. The summed E-state index contributed by atoms with van der Waals surface area (Å²) in [5, 5.41) is 20.9. The molecular weight excluding hydrogens is 288 g/mol. The van der Waals surface area contributed by atoms with E-state index in [1.165, 1.54) is 0 Å². The van der Waals surface area contributed by atoms with Crippen LogP contribution in [0.2, 0.25) is 0 Å². The monoisotopic (exact) mass is 322 g/mol. The van der Waals surface area contributed by atoms with Crippen LogP contribution in [-0.2, 0) is 4.74 Å². The SMILES string of the molecule is CC1(C)CC[C@@H](O)[C@@]2(C)[C@H]1CCC13C[C@@](C)(CC[C@@H]12)[C@H](CO)O3. The first-order chi connectivity index (χ1) is 10.7. The summed E-state index contributed by atoms with van der Waals surface area (Å²) in [7, 11) is 0. The van der Waals surface area contributed by atoms with Gasteiger partial charge in [0, 0.05) is 5.41 Å². The average molecular weight is 322 g/mol. The Kier molecular flexibility index (Phi) is 3.37. The van der Waals surface area contributed by atoms with Gasteiger partial charge in [0.2, 0.25) is 0 Å². The molecule has 0 amide bonds. The van der Waals surface area contributed by atoms with Gasteiger partial charge in [-0.15, -0.1) is 0 Å². The minimum atomic E-state index is -0.205. The maximum absolute atomic E-state index is 11.0. The van der Waals surface area contributed by atoms with Crippen molar-refractivity contribution in [3.05, 3.63) is 0 Å². The van der Waals surface area contributed by atoms with Crippen LogP contribution >= 0.6 is 0 Å². The van der Waals surface area contributed by atoms with Crippen LogP contribution in [0.5, 0.6) is 0 Å². The van der Waals surface area contributed by atoms with Gasteiger partial charge in [0.15, 0.2) is 0 Å².